The second kappa shape index (κ2) is 5.71. The predicted molar refractivity (Wildman–Crippen MR) is 78.2 cm³/mol. The molecule has 0 aromatic carbocycles. The zero-order chi connectivity index (χ0) is 13.9. The van der Waals surface area contributed by atoms with Crippen LogP contribution in [0.3, 0.4) is 0 Å². The molecule has 1 saturated heterocycles. The Morgan fingerprint density at radius 1 is 1.15 bits per heavy atom. The number of aryl methyl sites for hydroxylation is 1. The fourth-order valence-corrected chi connectivity index (χ4v) is 2.81. The maximum absolute atomic E-state index is 4.43. The van der Waals surface area contributed by atoms with E-state index in [-0.39, 0.29) is 0 Å². The minimum Gasteiger partial charge on any atom is -0.333 e. The van der Waals surface area contributed by atoms with E-state index in [0.29, 0.717) is 0 Å². The first-order valence-electron chi connectivity index (χ1n) is 7.19. The number of piperidine rings is 1. The second-order valence-electron chi connectivity index (χ2n) is 5.71. The summed E-state index contributed by atoms with van der Waals surface area (Å²) in [5.41, 5.74) is 2.04. The molecule has 5 nitrogen and oxygen atoms in total. The van der Waals surface area contributed by atoms with Gasteiger partial charge in [-0.25, -0.2) is 15.0 Å². The smallest absolute Gasteiger partial charge is 0.158 e. The van der Waals surface area contributed by atoms with Gasteiger partial charge in [0.05, 0.1) is 0 Å². The minimum absolute atomic E-state index is 0.746. The van der Waals surface area contributed by atoms with Crippen LogP contribution in [0.2, 0.25) is 0 Å². The molecule has 106 valence electrons. The summed E-state index contributed by atoms with van der Waals surface area (Å²) < 4.78 is 1.99. The van der Waals surface area contributed by atoms with Crippen LogP contribution in [-0.2, 0) is 13.5 Å². The molecule has 2 aromatic rings. The number of likely N-dealkylation sites (tertiary alicyclic amines) is 1. The van der Waals surface area contributed by atoms with Crippen molar-refractivity contribution in [3.8, 4) is 11.5 Å². The predicted octanol–water partition coefficient (Wildman–Crippen LogP) is 1.76. The fraction of sp³-hybridized carbons (Fsp3) is 0.533. The highest BCUT2D eigenvalue weighted by atomic mass is 15.1. The Kier molecular flexibility index (Phi) is 3.78. The van der Waals surface area contributed by atoms with Crippen LogP contribution in [0.4, 0.5) is 0 Å². The van der Waals surface area contributed by atoms with Crippen LogP contribution >= 0.6 is 0 Å². The highest BCUT2D eigenvalue weighted by Gasteiger charge is 2.18. The largest absolute Gasteiger partial charge is 0.333 e. The molecule has 0 spiro atoms. The standard InChI is InChI=1S/C15H21N5/c1-19-6-3-12(4-7-19)9-13-10-14(18-11-17-13)15-16-5-8-20(15)2/h5,8,10-12H,3-4,6-7,9H2,1-2H3. The van der Waals surface area contributed by atoms with Gasteiger partial charge in [0.1, 0.15) is 12.0 Å². The Balaban J connectivity index is 1.73. The summed E-state index contributed by atoms with van der Waals surface area (Å²) in [6, 6.07) is 2.08. The van der Waals surface area contributed by atoms with E-state index in [0.717, 1.165) is 29.6 Å². The highest BCUT2D eigenvalue weighted by Crippen LogP contribution is 2.21. The normalized spacial score (nSPS) is 17.5. The number of hydrogen-bond acceptors (Lipinski definition) is 4. The summed E-state index contributed by atoms with van der Waals surface area (Å²) in [5.74, 6) is 1.65. The van der Waals surface area contributed by atoms with E-state index >= 15 is 0 Å². The van der Waals surface area contributed by atoms with Crippen molar-refractivity contribution in [2.75, 3.05) is 20.1 Å². The lowest BCUT2D eigenvalue weighted by Crippen LogP contribution is -2.31. The van der Waals surface area contributed by atoms with E-state index in [4.69, 9.17) is 0 Å². The maximum Gasteiger partial charge on any atom is 0.158 e. The third kappa shape index (κ3) is 2.88. The van der Waals surface area contributed by atoms with Crippen molar-refractivity contribution in [2.24, 2.45) is 13.0 Å². The molecule has 1 aliphatic heterocycles. The molecule has 0 aliphatic carbocycles. The van der Waals surface area contributed by atoms with Gasteiger partial charge in [0.15, 0.2) is 5.82 Å². The number of hydrogen-bond donors (Lipinski definition) is 0. The van der Waals surface area contributed by atoms with Crippen LogP contribution in [0.25, 0.3) is 11.5 Å². The van der Waals surface area contributed by atoms with Crippen molar-refractivity contribution in [3.63, 3.8) is 0 Å². The first-order chi connectivity index (χ1) is 9.72. The molecular formula is C15H21N5. The van der Waals surface area contributed by atoms with Crippen molar-refractivity contribution in [3.05, 3.63) is 30.5 Å². The van der Waals surface area contributed by atoms with E-state index in [1.54, 1.807) is 12.5 Å². The zero-order valence-electron chi connectivity index (χ0n) is 12.2. The van der Waals surface area contributed by atoms with E-state index in [1.165, 1.54) is 25.9 Å². The molecule has 0 atom stereocenters. The third-order valence-corrected chi connectivity index (χ3v) is 4.11. The van der Waals surface area contributed by atoms with E-state index in [2.05, 4.69) is 33.0 Å². The van der Waals surface area contributed by atoms with Crippen molar-refractivity contribution >= 4 is 0 Å². The summed E-state index contributed by atoms with van der Waals surface area (Å²) in [4.78, 5) is 15.5. The van der Waals surface area contributed by atoms with Crippen molar-refractivity contribution in [1.82, 2.24) is 24.4 Å². The van der Waals surface area contributed by atoms with Gasteiger partial charge >= 0.3 is 0 Å². The minimum atomic E-state index is 0.746. The van der Waals surface area contributed by atoms with E-state index in [9.17, 15) is 0 Å². The number of rotatable bonds is 3. The van der Waals surface area contributed by atoms with Crippen LogP contribution in [0.1, 0.15) is 18.5 Å². The highest BCUT2D eigenvalue weighted by molar-refractivity contribution is 5.49. The molecule has 0 amide bonds. The van der Waals surface area contributed by atoms with Crippen LogP contribution in [0, 0.1) is 5.92 Å². The van der Waals surface area contributed by atoms with Gasteiger partial charge in [-0.2, -0.15) is 0 Å². The number of imidazole rings is 1. The fourth-order valence-electron chi connectivity index (χ4n) is 2.81. The molecule has 0 unspecified atom stereocenters. The molecule has 1 aliphatic rings. The lowest BCUT2D eigenvalue weighted by Gasteiger charge is -2.28. The molecule has 3 rings (SSSR count). The Morgan fingerprint density at radius 2 is 1.95 bits per heavy atom. The molecule has 1 fully saturated rings. The van der Waals surface area contributed by atoms with Crippen LogP contribution in [0.15, 0.2) is 24.8 Å². The van der Waals surface area contributed by atoms with Crippen LogP contribution in [-0.4, -0.2) is 44.6 Å². The molecule has 20 heavy (non-hydrogen) atoms. The lowest BCUT2D eigenvalue weighted by molar-refractivity contribution is 0.218. The summed E-state index contributed by atoms with van der Waals surface area (Å²) >= 11 is 0. The van der Waals surface area contributed by atoms with Crippen LogP contribution < -0.4 is 0 Å². The topological polar surface area (TPSA) is 46.8 Å². The van der Waals surface area contributed by atoms with E-state index in [1.807, 2.05) is 17.8 Å². The van der Waals surface area contributed by atoms with Gasteiger partial charge in [-0.15, -0.1) is 0 Å². The summed E-state index contributed by atoms with van der Waals surface area (Å²) in [6.07, 6.45) is 8.97. The van der Waals surface area contributed by atoms with Gasteiger partial charge in [0.25, 0.3) is 0 Å². The van der Waals surface area contributed by atoms with Gasteiger partial charge in [-0.3, -0.25) is 0 Å². The molecule has 0 bridgehead atoms. The quantitative estimate of drug-likeness (QED) is 0.853. The molecule has 2 aromatic heterocycles. The third-order valence-electron chi connectivity index (χ3n) is 4.11. The average Bonchev–Trinajstić information content (AvgIpc) is 2.88. The van der Waals surface area contributed by atoms with Gasteiger partial charge in [-0.05, 0) is 51.4 Å². The maximum atomic E-state index is 4.43. The Hall–Kier alpha value is -1.75. The summed E-state index contributed by atoms with van der Waals surface area (Å²) in [7, 11) is 4.18. The first kappa shape index (κ1) is 13.2. The first-order valence-corrected chi connectivity index (χ1v) is 7.19. The second-order valence-corrected chi connectivity index (χ2v) is 5.71. The van der Waals surface area contributed by atoms with Crippen molar-refractivity contribution < 1.29 is 0 Å². The Bertz CT molecular complexity index is 569. The molecule has 0 radical (unpaired) electrons. The average molecular weight is 271 g/mol. The van der Waals surface area contributed by atoms with Crippen molar-refractivity contribution in [1.29, 1.82) is 0 Å². The molecule has 0 saturated carbocycles. The van der Waals surface area contributed by atoms with Gasteiger partial charge in [-0.1, -0.05) is 0 Å². The Labute approximate surface area is 119 Å². The molecule has 0 N–H and O–H groups in total. The van der Waals surface area contributed by atoms with E-state index < -0.39 is 0 Å². The lowest BCUT2D eigenvalue weighted by atomic mass is 9.92. The Morgan fingerprint density at radius 3 is 2.65 bits per heavy atom. The number of aromatic nitrogens is 4. The summed E-state index contributed by atoms with van der Waals surface area (Å²) in [5, 5.41) is 0. The summed E-state index contributed by atoms with van der Waals surface area (Å²) in [6.45, 7) is 2.39. The van der Waals surface area contributed by atoms with Crippen LogP contribution in [0.5, 0.6) is 0 Å². The SMILES string of the molecule is CN1CCC(Cc2cc(-c3nccn3C)ncn2)CC1. The van der Waals surface area contributed by atoms with Crippen molar-refractivity contribution in [2.45, 2.75) is 19.3 Å². The van der Waals surface area contributed by atoms with Gasteiger partial charge < -0.3 is 9.47 Å². The monoisotopic (exact) mass is 271 g/mol. The molecule has 3 heterocycles. The number of nitrogens with zero attached hydrogens (tertiary/aromatic N) is 5. The zero-order valence-corrected chi connectivity index (χ0v) is 12.2. The molecular weight excluding hydrogens is 250 g/mol. The molecule has 5 heteroatoms. The van der Waals surface area contributed by atoms with Gasteiger partial charge in [0, 0.05) is 25.1 Å². The van der Waals surface area contributed by atoms with Gasteiger partial charge in [0.2, 0.25) is 0 Å².